The molecule has 0 aliphatic carbocycles. The fourth-order valence-electron chi connectivity index (χ4n) is 2.56. The van der Waals surface area contributed by atoms with E-state index in [0.29, 0.717) is 0 Å². The summed E-state index contributed by atoms with van der Waals surface area (Å²) < 4.78 is 0. The third-order valence-electron chi connectivity index (χ3n) is 3.66. The molecule has 2 heterocycles. The van der Waals surface area contributed by atoms with E-state index in [1.807, 2.05) is 6.20 Å². The van der Waals surface area contributed by atoms with Crippen LogP contribution < -0.4 is 4.90 Å². The highest BCUT2D eigenvalue weighted by atomic mass is 15.2. The molecule has 0 radical (unpaired) electrons. The van der Waals surface area contributed by atoms with Crippen LogP contribution in [-0.4, -0.2) is 18.1 Å². The first-order chi connectivity index (χ1) is 8.78. The van der Waals surface area contributed by atoms with E-state index < -0.39 is 0 Å². The Morgan fingerprint density at radius 3 is 3.11 bits per heavy atom. The molecule has 18 heavy (non-hydrogen) atoms. The maximum Gasteiger partial charge on any atom is 0.129 e. The lowest BCUT2D eigenvalue weighted by Crippen LogP contribution is -2.20. The van der Waals surface area contributed by atoms with Gasteiger partial charge in [-0.2, -0.15) is 5.26 Å². The number of anilines is 1. The SMILES string of the molecule is Cc1cccc2cc(N3CCC(C#N)C3)ncc12. The second kappa shape index (κ2) is 4.30. The van der Waals surface area contributed by atoms with E-state index in [0.717, 1.165) is 25.3 Å². The molecule has 2 aromatic rings. The van der Waals surface area contributed by atoms with Gasteiger partial charge in [-0.25, -0.2) is 4.98 Å². The summed E-state index contributed by atoms with van der Waals surface area (Å²) in [7, 11) is 0. The highest BCUT2D eigenvalue weighted by Gasteiger charge is 2.23. The van der Waals surface area contributed by atoms with Crippen molar-refractivity contribution in [1.82, 2.24) is 4.98 Å². The summed E-state index contributed by atoms with van der Waals surface area (Å²) in [6.45, 7) is 3.84. The molecule has 1 aromatic heterocycles. The van der Waals surface area contributed by atoms with Crippen molar-refractivity contribution in [3.8, 4) is 6.07 Å². The largest absolute Gasteiger partial charge is 0.355 e. The van der Waals surface area contributed by atoms with Gasteiger partial charge in [-0.3, -0.25) is 0 Å². The molecule has 0 saturated carbocycles. The van der Waals surface area contributed by atoms with Crippen LogP contribution in [0, 0.1) is 24.2 Å². The summed E-state index contributed by atoms with van der Waals surface area (Å²) in [5, 5.41) is 11.4. The minimum Gasteiger partial charge on any atom is -0.355 e. The van der Waals surface area contributed by atoms with Crippen LogP contribution >= 0.6 is 0 Å². The van der Waals surface area contributed by atoms with Crippen LogP contribution in [0.15, 0.2) is 30.5 Å². The quantitative estimate of drug-likeness (QED) is 0.765. The Morgan fingerprint density at radius 1 is 1.44 bits per heavy atom. The maximum absolute atomic E-state index is 8.94. The van der Waals surface area contributed by atoms with Gasteiger partial charge in [0.25, 0.3) is 0 Å². The van der Waals surface area contributed by atoms with Crippen LogP contribution in [0.3, 0.4) is 0 Å². The third-order valence-corrected chi connectivity index (χ3v) is 3.66. The Morgan fingerprint density at radius 2 is 2.33 bits per heavy atom. The topological polar surface area (TPSA) is 39.9 Å². The Hall–Kier alpha value is -2.08. The highest BCUT2D eigenvalue weighted by molar-refractivity contribution is 5.86. The molecule has 3 rings (SSSR count). The number of nitriles is 1. The Balaban J connectivity index is 1.97. The smallest absolute Gasteiger partial charge is 0.129 e. The Bertz CT molecular complexity index is 627. The first-order valence-corrected chi connectivity index (χ1v) is 6.28. The number of nitrogens with zero attached hydrogens (tertiary/aromatic N) is 3. The number of hydrogen-bond donors (Lipinski definition) is 0. The fraction of sp³-hybridized carbons (Fsp3) is 0.333. The zero-order chi connectivity index (χ0) is 12.5. The summed E-state index contributed by atoms with van der Waals surface area (Å²) >= 11 is 0. The van der Waals surface area contributed by atoms with Crippen molar-refractivity contribution in [3.63, 3.8) is 0 Å². The van der Waals surface area contributed by atoms with Crippen LogP contribution in [0.25, 0.3) is 10.8 Å². The molecule has 3 heteroatoms. The van der Waals surface area contributed by atoms with Gasteiger partial charge in [-0.1, -0.05) is 18.2 Å². The van der Waals surface area contributed by atoms with Gasteiger partial charge in [0.05, 0.1) is 12.0 Å². The molecule has 0 spiro atoms. The monoisotopic (exact) mass is 237 g/mol. The van der Waals surface area contributed by atoms with Gasteiger partial charge in [0.2, 0.25) is 0 Å². The van der Waals surface area contributed by atoms with Gasteiger partial charge in [0, 0.05) is 24.7 Å². The Labute approximate surface area is 107 Å². The number of hydrogen-bond acceptors (Lipinski definition) is 3. The van der Waals surface area contributed by atoms with Crippen molar-refractivity contribution < 1.29 is 0 Å². The molecule has 1 unspecified atom stereocenters. The molecular weight excluding hydrogens is 222 g/mol. The molecule has 0 amide bonds. The van der Waals surface area contributed by atoms with E-state index >= 15 is 0 Å². The van der Waals surface area contributed by atoms with E-state index in [1.54, 1.807) is 0 Å². The lowest BCUT2D eigenvalue weighted by atomic mass is 10.1. The summed E-state index contributed by atoms with van der Waals surface area (Å²) in [5.74, 6) is 1.14. The van der Waals surface area contributed by atoms with Crippen LogP contribution in [0.5, 0.6) is 0 Å². The van der Waals surface area contributed by atoms with Gasteiger partial charge < -0.3 is 4.90 Å². The van der Waals surface area contributed by atoms with E-state index in [9.17, 15) is 0 Å². The minimum absolute atomic E-state index is 0.153. The second-order valence-corrected chi connectivity index (χ2v) is 4.90. The molecule has 1 saturated heterocycles. The predicted octanol–water partition coefficient (Wildman–Crippen LogP) is 2.89. The molecule has 1 atom stereocenters. The molecule has 3 nitrogen and oxygen atoms in total. The minimum atomic E-state index is 0.153. The standard InChI is InChI=1S/C15H15N3/c1-11-3-2-4-13-7-15(17-9-14(11)13)18-6-5-12(8-16)10-18/h2-4,7,9,12H,5-6,10H2,1H3. The molecule has 0 bridgehead atoms. The second-order valence-electron chi connectivity index (χ2n) is 4.90. The molecule has 1 aromatic carbocycles. The number of pyridine rings is 1. The molecule has 90 valence electrons. The predicted molar refractivity (Wildman–Crippen MR) is 72.4 cm³/mol. The number of rotatable bonds is 1. The van der Waals surface area contributed by atoms with Crippen molar-refractivity contribution in [2.24, 2.45) is 5.92 Å². The van der Waals surface area contributed by atoms with Gasteiger partial charge >= 0.3 is 0 Å². The summed E-state index contributed by atoms with van der Waals surface area (Å²) in [6, 6.07) is 10.8. The number of aromatic nitrogens is 1. The number of benzene rings is 1. The van der Waals surface area contributed by atoms with E-state index in [2.05, 4.69) is 47.1 Å². The summed E-state index contributed by atoms with van der Waals surface area (Å²) in [4.78, 5) is 6.74. The third kappa shape index (κ3) is 1.80. The highest BCUT2D eigenvalue weighted by Crippen LogP contribution is 2.25. The normalized spacial score (nSPS) is 19.1. The van der Waals surface area contributed by atoms with E-state index in [4.69, 9.17) is 5.26 Å². The van der Waals surface area contributed by atoms with E-state index in [1.165, 1.54) is 16.3 Å². The molecule has 1 fully saturated rings. The van der Waals surface area contributed by atoms with Crippen molar-refractivity contribution in [2.75, 3.05) is 18.0 Å². The summed E-state index contributed by atoms with van der Waals surface area (Å²) in [6.07, 6.45) is 2.89. The van der Waals surface area contributed by atoms with Crippen LogP contribution in [0.1, 0.15) is 12.0 Å². The van der Waals surface area contributed by atoms with Crippen LogP contribution in [0.2, 0.25) is 0 Å². The molecule has 1 aliphatic heterocycles. The molecular formula is C15H15N3. The molecule has 0 N–H and O–H groups in total. The lowest BCUT2D eigenvalue weighted by Gasteiger charge is -2.17. The van der Waals surface area contributed by atoms with Crippen molar-refractivity contribution >= 4 is 16.6 Å². The lowest BCUT2D eigenvalue weighted by molar-refractivity contribution is 0.754. The average molecular weight is 237 g/mol. The number of fused-ring (bicyclic) bond motifs is 1. The van der Waals surface area contributed by atoms with Crippen LogP contribution in [-0.2, 0) is 0 Å². The maximum atomic E-state index is 8.94. The van der Waals surface area contributed by atoms with Gasteiger partial charge in [0.1, 0.15) is 5.82 Å². The van der Waals surface area contributed by atoms with Gasteiger partial charge in [0.15, 0.2) is 0 Å². The van der Waals surface area contributed by atoms with Crippen molar-refractivity contribution in [2.45, 2.75) is 13.3 Å². The first-order valence-electron chi connectivity index (χ1n) is 6.28. The average Bonchev–Trinajstić information content (AvgIpc) is 2.87. The van der Waals surface area contributed by atoms with Gasteiger partial charge in [-0.15, -0.1) is 0 Å². The van der Waals surface area contributed by atoms with Crippen molar-refractivity contribution in [1.29, 1.82) is 5.26 Å². The Kier molecular flexibility index (Phi) is 2.64. The van der Waals surface area contributed by atoms with E-state index in [-0.39, 0.29) is 5.92 Å². The zero-order valence-corrected chi connectivity index (χ0v) is 10.4. The van der Waals surface area contributed by atoms with Crippen LogP contribution in [0.4, 0.5) is 5.82 Å². The van der Waals surface area contributed by atoms with Gasteiger partial charge in [-0.05, 0) is 30.4 Å². The number of aryl methyl sites for hydroxylation is 1. The van der Waals surface area contributed by atoms with Crippen molar-refractivity contribution in [3.05, 3.63) is 36.0 Å². The molecule has 1 aliphatic rings. The fourth-order valence-corrected chi connectivity index (χ4v) is 2.56. The first kappa shape index (κ1) is 11.0. The summed E-state index contributed by atoms with van der Waals surface area (Å²) in [5.41, 5.74) is 1.25. The zero-order valence-electron chi connectivity index (χ0n) is 10.4.